The van der Waals surface area contributed by atoms with Gasteiger partial charge >= 0.3 is 0 Å². The molecule has 8 nitrogen and oxygen atoms in total. The maximum Gasteiger partial charge on any atom is 0.293 e. The highest BCUT2D eigenvalue weighted by Gasteiger charge is 2.56. The van der Waals surface area contributed by atoms with Gasteiger partial charge in [0.1, 0.15) is 16.9 Å². The number of nitrogens with zero attached hydrogens (tertiary/aromatic N) is 1. The fourth-order valence-corrected chi connectivity index (χ4v) is 5.39. The Kier molecular flexibility index (Phi) is 9.80. The van der Waals surface area contributed by atoms with Crippen molar-refractivity contribution in [1.29, 1.82) is 0 Å². The minimum Gasteiger partial charge on any atom is -0.495 e. The SMILES string of the molecule is COc1cc2cc(c1Cl)N(C)C(=O)CC[C@@]1(C)OC1[C@H](C)C(OC=O)CC(N)C(OC)/C=C/C=C(\C)C2. The summed E-state index contributed by atoms with van der Waals surface area (Å²) in [6.07, 6.45) is 6.67. The van der Waals surface area contributed by atoms with Crippen LogP contribution in [-0.4, -0.2) is 63.6 Å². The number of carbonyl (C=O) groups excluding carboxylic acids is 2. The number of hydrogen-bond donors (Lipinski definition) is 1. The maximum atomic E-state index is 13.2. The zero-order valence-electron chi connectivity index (χ0n) is 22.5. The molecule has 37 heavy (non-hydrogen) atoms. The quantitative estimate of drug-likeness (QED) is 0.455. The molecule has 0 radical (unpaired) electrons. The summed E-state index contributed by atoms with van der Waals surface area (Å²) in [6, 6.07) is 3.42. The molecule has 2 N–H and O–H groups in total. The van der Waals surface area contributed by atoms with E-state index in [2.05, 4.69) is 0 Å². The van der Waals surface area contributed by atoms with Crippen molar-refractivity contribution >= 4 is 29.7 Å². The second kappa shape index (κ2) is 12.4. The van der Waals surface area contributed by atoms with E-state index in [1.165, 1.54) is 0 Å². The van der Waals surface area contributed by atoms with Crippen LogP contribution in [0.5, 0.6) is 5.75 Å². The molecule has 3 rings (SSSR count). The summed E-state index contributed by atoms with van der Waals surface area (Å²) >= 11 is 6.61. The van der Waals surface area contributed by atoms with Crippen LogP contribution in [0.4, 0.5) is 5.69 Å². The van der Waals surface area contributed by atoms with Crippen LogP contribution in [0.2, 0.25) is 5.02 Å². The number of ether oxygens (including phenoxy) is 4. The van der Waals surface area contributed by atoms with Crippen molar-refractivity contribution in [3.05, 3.63) is 46.5 Å². The van der Waals surface area contributed by atoms with E-state index in [1.54, 1.807) is 26.2 Å². The van der Waals surface area contributed by atoms with Crippen molar-refractivity contribution in [1.82, 2.24) is 0 Å². The summed E-state index contributed by atoms with van der Waals surface area (Å²) in [5, 5.41) is 0.390. The Morgan fingerprint density at radius 2 is 2.03 bits per heavy atom. The number of allylic oxidation sites excluding steroid dienone is 3. The van der Waals surface area contributed by atoms with Gasteiger partial charge in [-0.25, -0.2) is 0 Å². The van der Waals surface area contributed by atoms with E-state index < -0.39 is 17.7 Å². The Morgan fingerprint density at radius 3 is 2.68 bits per heavy atom. The zero-order chi connectivity index (χ0) is 27.3. The van der Waals surface area contributed by atoms with Crippen molar-refractivity contribution in [3.8, 4) is 5.75 Å². The van der Waals surface area contributed by atoms with Gasteiger partial charge < -0.3 is 29.6 Å². The van der Waals surface area contributed by atoms with Gasteiger partial charge in [0, 0.05) is 39.0 Å². The number of nitrogens with two attached hydrogens (primary N) is 1. The first kappa shape index (κ1) is 29.2. The van der Waals surface area contributed by atoms with Crippen molar-refractivity contribution in [2.45, 2.75) is 76.4 Å². The molecule has 0 aromatic heterocycles. The highest BCUT2D eigenvalue weighted by Crippen LogP contribution is 2.47. The first-order chi connectivity index (χ1) is 17.5. The Balaban J connectivity index is 1.97. The smallest absolute Gasteiger partial charge is 0.293 e. The molecule has 0 spiro atoms. The van der Waals surface area contributed by atoms with E-state index in [1.807, 2.05) is 51.1 Å². The monoisotopic (exact) mass is 534 g/mol. The number of halogens is 1. The molecule has 0 saturated carbocycles. The largest absolute Gasteiger partial charge is 0.495 e. The van der Waals surface area contributed by atoms with Crippen LogP contribution in [0.3, 0.4) is 0 Å². The fraction of sp³-hybridized carbons (Fsp3) is 0.571. The Hall–Kier alpha value is -2.39. The van der Waals surface area contributed by atoms with Crippen LogP contribution in [0.15, 0.2) is 35.9 Å². The fourth-order valence-electron chi connectivity index (χ4n) is 5.08. The third kappa shape index (κ3) is 6.93. The molecule has 2 aliphatic rings. The molecule has 4 unspecified atom stereocenters. The minimum atomic E-state index is -0.502. The predicted molar refractivity (Wildman–Crippen MR) is 144 cm³/mol. The standard InChI is InChI=1S/C28H39ClN2O6/c1-17-8-7-9-22(34-5)20(30)15-23(36-16-32)18(2)27-28(3,37-27)11-10-25(33)31(4)21-13-19(12-17)14-24(35-6)26(21)29/h7-9,13-14,16,18,20,22-23,27H,10-12,15,30H2,1-6H3/b9-7+,17-8+/t18-,20?,22?,23?,27?,28-/m1/s1. The minimum absolute atomic E-state index is 0.0806. The van der Waals surface area contributed by atoms with Crippen LogP contribution in [-0.2, 0) is 30.2 Å². The highest BCUT2D eigenvalue weighted by atomic mass is 35.5. The number of carbonyl (C=O) groups is 2. The molecule has 1 amide bonds. The molecule has 2 bridgehead atoms. The van der Waals surface area contributed by atoms with E-state index in [0.29, 0.717) is 42.2 Å². The molecule has 9 heteroatoms. The van der Waals surface area contributed by atoms with Crippen LogP contribution in [0.1, 0.15) is 45.6 Å². The Labute approximate surface area is 224 Å². The van der Waals surface area contributed by atoms with Crippen LogP contribution in [0.25, 0.3) is 0 Å². The first-order valence-electron chi connectivity index (χ1n) is 12.6. The van der Waals surface area contributed by atoms with Gasteiger partial charge in [-0.3, -0.25) is 9.59 Å². The summed E-state index contributed by atoms with van der Waals surface area (Å²) in [6.45, 7) is 6.44. The van der Waals surface area contributed by atoms with Crippen LogP contribution < -0.4 is 15.4 Å². The van der Waals surface area contributed by atoms with Gasteiger partial charge in [0.2, 0.25) is 5.91 Å². The van der Waals surface area contributed by atoms with Crippen LogP contribution in [0, 0.1) is 5.92 Å². The number of anilines is 1. The van der Waals surface area contributed by atoms with E-state index >= 15 is 0 Å². The molecule has 1 aromatic rings. The van der Waals surface area contributed by atoms with E-state index in [0.717, 1.165) is 11.1 Å². The number of hydrogen-bond acceptors (Lipinski definition) is 7. The van der Waals surface area contributed by atoms with Crippen molar-refractivity contribution in [2.24, 2.45) is 11.7 Å². The summed E-state index contributed by atoms with van der Waals surface area (Å²) in [5.41, 5.74) is 8.63. The highest BCUT2D eigenvalue weighted by molar-refractivity contribution is 6.35. The third-order valence-corrected chi connectivity index (χ3v) is 7.85. The number of methoxy groups -OCH3 is 2. The third-order valence-electron chi connectivity index (χ3n) is 7.47. The molecular formula is C28H39ClN2O6. The first-order valence-corrected chi connectivity index (χ1v) is 12.9. The van der Waals surface area contributed by atoms with Crippen LogP contribution >= 0.6 is 11.6 Å². The van der Waals surface area contributed by atoms with Crippen molar-refractivity contribution in [3.63, 3.8) is 0 Å². The predicted octanol–water partition coefficient (Wildman–Crippen LogP) is 4.22. The maximum absolute atomic E-state index is 13.2. The lowest BCUT2D eigenvalue weighted by atomic mass is 9.86. The normalized spacial score (nSPS) is 33.6. The van der Waals surface area contributed by atoms with E-state index in [4.69, 9.17) is 36.3 Å². The topological polar surface area (TPSA) is 104 Å². The van der Waals surface area contributed by atoms with Gasteiger partial charge in [-0.15, -0.1) is 0 Å². The van der Waals surface area contributed by atoms with Gasteiger partial charge in [-0.1, -0.05) is 42.3 Å². The average molecular weight is 535 g/mol. The lowest BCUT2D eigenvalue weighted by Crippen LogP contribution is -2.41. The number of epoxide rings is 1. The lowest BCUT2D eigenvalue weighted by molar-refractivity contribution is -0.137. The molecule has 1 fully saturated rings. The van der Waals surface area contributed by atoms with Gasteiger partial charge in [-0.2, -0.15) is 0 Å². The summed E-state index contributed by atoms with van der Waals surface area (Å²) in [5.74, 6) is 0.319. The lowest BCUT2D eigenvalue weighted by Gasteiger charge is -2.27. The molecule has 2 heterocycles. The zero-order valence-corrected chi connectivity index (χ0v) is 23.3. The van der Waals surface area contributed by atoms with Crippen molar-refractivity contribution < 1.29 is 28.5 Å². The second-order valence-corrected chi connectivity index (χ2v) is 10.6. The number of amides is 1. The van der Waals surface area contributed by atoms with E-state index in [-0.39, 0.29) is 30.5 Å². The number of benzene rings is 1. The molecule has 1 aromatic carbocycles. The van der Waals surface area contributed by atoms with Gasteiger partial charge in [-0.05, 0) is 44.4 Å². The summed E-state index contributed by atoms with van der Waals surface area (Å²) in [7, 11) is 4.89. The Morgan fingerprint density at radius 1 is 1.30 bits per heavy atom. The van der Waals surface area contributed by atoms with Gasteiger partial charge in [0.25, 0.3) is 6.47 Å². The molecule has 6 atom stereocenters. The number of fused-ring (bicyclic) bond motifs is 3. The molecule has 0 aliphatic carbocycles. The molecule has 204 valence electrons. The van der Waals surface area contributed by atoms with Crippen molar-refractivity contribution in [2.75, 3.05) is 26.2 Å². The Bertz CT molecular complexity index is 1040. The summed E-state index contributed by atoms with van der Waals surface area (Å²) in [4.78, 5) is 26.0. The van der Waals surface area contributed by atoms with E-state index in [9.17, 15) is 9.59 Å². The van der Waals surface area contributed by atoms with Gasteiger partial charge in [0.05, 0.1) is 30.6 Å². The molecule has 2 aliphatic heterocycles. The average Bonchev–Trinajstić information content (AvgIpc) is 3.55. The second-order valence-electron chi connectivity index (χ2n) is 10.2. The molecule has 1 saturated heterocycles. The summed E-state index contributed by atoms with van der Waals surface area (Å²) < 4.78 is 22.6. The number of rotatable bonds is 4. The molecular weight excluding hydrogens is 496 g/mol. The van der Waals surface area contributed by atoms with Gasteiger partial charge in [0.15, 0.2) is 0 Å².